The standard InChI is InChI=1S/C18H20O3/c1-4-20-18(19)11-13(2)9-10-15-12-21-17-8-6-5-7-16(17)14(15)3/h5-11H,4,12H2,1-3H3. The van der Waals surface area contributed by atoms with Crippen LogP contribution in [-0.2, 0) is 9.53 Å². The van der Waals surface area contributed by atoms with E-state index in [-0.39, 0.29) is 5.97 Å². The Morgan fingerprint density at radius 1 is 1.38 bits per heavy atom. The average Bonchev–Trinajstić information content (AvgIpc) is 2.47. The fourth-order valence-corrected chi connectivity index (χ4v) is 2.16. The molecular formula is C18H20O3. The molecule has 21 heavy (non-hydrogen) atoms. The van der Waals surface area contributed by atoms with Crippen molar-refractivity contribution in [1.29, 1.82) is 0 Å². The molecule has 0 atom stereocenters. The van der Waals surface area contributed by atoms with E-state index in [1.807, 2.05) is 37.3 Å². The number of para-hydroxylation sites is 1. The summed E-state index contributed by atoms with van der Waals surface area (Å²) in [5.41, 5.74) is 4.30. The van der Waals surface area contributed by atoms with Crippen LogP contribution < -0.4 is 4.74 Å². The summed E-state index contributed by atoms with van der Waals surface area (Å²) in [5.74, 6) is 0.613. The van der Waals surface area contributed by atoms with Crippen LogP contribution in [0.25, 0.3) is 5.57 Å². The Hall–Kier alpha value is -2.29. The van der Waals surface area contributed by atoms with Gasteiger partial charge >= 0.3 is 5.97 Å². The molecule has 0 aliphatic carbocycles. The summed E-state index contributed by atoms with van der Waals surface area (Å²) in [6.45, 7) is 6.70. The van der Waals surface area contributed by atoms with Crippen molar-refractivity contribution in [2.24, 2.45) is 0 Å². The van der Waals surface area contributed by atoms with Gasteiger partial charge in [0.2, 0.25) is 0 Å². The Balaban J connectivity index is 2.17. The van der Waals surface area contributed by atoms with E-state index < -0.39 is 0 Å². The number of ether oxygens (including phenoxy) is 2. The second-order valence-corrected chi connectivity index (χ2v) is 4.91. The summed E-state index contributed by atoms with van der Waals surface area (Å²) in [7, 11) is 0. The molecule has 1 aromatic carbocycles. The van der Waals surface area contributed by atoms with Crippen LogP contribution in [0.15, 0.2) is 53.6 Å². The first kappa shape index (κ1) is 15.1. The van der Waals surface area contributed by atoms with E-state index in [9.17, 15) is 4.79 Å². The van der Waals surface area contributed by atoms with Gasteiger partial charge in [0.25, 0.3) is 0 Å². The van der Waals surface area contributed by atoms with Gasteiger partial charge in [-0.3, -0.25) is 0 Å². The minimum absolute atomic E-state index is 0.310. The molecule has 0 amide bonds. The number of allylic oxidation sites excluding steroid dienone is 3. The predicted octanol–water partition coefficient (Wildman–Crippen LogP) is 3.92. The number of carbonyl (C=O) groups excluding carboxylic acids is 1. The Bertz CT molecular complexity index is 621. The van der Waals surface area contributed by atoms with Crippen LogP contribution in [-0.4, -0.2) is 19.2 Å². The van der Waals surface area contributed by atoms with Crippen molar-refractivity contribution in [2.75, 3.05) is 13.2 Å². The largest absolute Gasteiger partial charge is 0.488 e. The van der Waals surface area contributed by atoms with Crippen molar-refractivity contribution in [3.63, 3.8) is 0 Å². The Kier molecular flexibility index (Phi) is 4.99. The van der Waals surface area contributed by atoms with Crippen molar-refractivity contribution >= 4 is 11.5 Å². The lowest BCUT2D eigenvalue weighted by Crippen LogP contribution is -2.08. The fraction of sp³-hybridized carbons (Fsp3) is 0.278. The van der Waals surface area contributed by atoms with Crippen LogP contribution >= 0.6 is 0 Å². The zero-order valence-corrected chi connectivity index (χ0v) is 12.7. The smallest absolute Gasteiger partial charge is 0.330 e. The highest BCUT2D eigenvalue weighted by atomic mass is 16.5. The maximum Gasteiger partial charge on any atom is 0.330 e. The first-order chi connectivity index (χ1) is 10.1. The van der Waals surface area contributed by atoms with Crippen molar-refractivity contribution in [3.05, 3.63) is 59.2 Å². The Morgan fingerprint density at radius 3 is 2.90 bits per heavy atom. The number of esters is 1. The van der Waals surface area contributed by atoms with Gasteiger partial charge in [0.15, 0.2) is 0 Å². The SMILES string of the molecule is CCOC(=O)C=C(C)C=CC1=C(C)c2ccccc2OC1. The van der Waals surface area contributed by atoms with E-state index >= 15 is 0 Å². The second kappa shape index (κ2) is 6.93. The average molecular weight is 284 g/mol. The molecule has 1 aliphatic rings. The van der Waals surface area contributed by atoms with Gasteiger partial charge in [0.1, 0.15) is 12.4 Å². The molecule has 0 fully saturated rings. The zero-order valence-electron chi connectivity index (χ0n) is 12.7. The maximum absolute atomic E-state index is 11.4. The Labute approximate surface area is 125 Å². The molecule has 0 radical (unpaired) electrons. The van der Waals surface area contributed by atoms with E-state index in [0.717, 1.165) is 22.5 Å². The van der Waals surface area contributed by atoms with Gasteiger partial charge < -0.3 is 9.47 Å². The van der Waals surface area contributed by atoms with E-state index in [1.165, 1.54) is 11.6 Å². The summed E-state index contributed by atoms with van der Waals surface area (Å²) in [6, 6.07) is 8.01. The molecular weight excluding hydrogens is 264 g/mol. The van der Waals surface area contributed by atoms with E-state index in [2.05, 4.69) is 13.0 Å². The predicted molar refractivity (Wildman–Crippen MR) is 84.1 cm³/mol. The summed E-state index contributed by atoms with van der Waals surface area (Å²) >= 11 is 0. The van der Waals surface area contributed by atoms with Crippen LogP contribution in [0, 0.1) is 0 Å². The number of fused-ring (bicyclic) bond motifs is 1. The van der Waals surface area contributed by atoms with Crippen LogP contribution in [0.4, 0.5) is 0 Å². The molecule has 1 aliphatic heterocycles. The maximum atomic E-state index is 11.4. The van der Waals surface area contributed by atoms with Crippen molar-refractivity contribution < 1.29 is 14.3 Å². The van der Waals surface area contributed by atoms with Gasteiger partial charge in [-0.25, -0.2) is 4.79 Å². The lowest BCUT2D eigenvalue weighted by atomic mass is 9.98. The third-order valence-corrected chi connectivity index (χ3v) is 3.34. The summed E-state index contributed by atoms with van der Waals surface area (Å²) in [6.07, 6.45) is 5.40. The number of hydrogen-bond acceptors (Lipinski definition) is 3. The molecule has 2 rings (SSSR count). The minimum Gasteiger partial charge on any atom is -0.488 e. The van der Waals surface area contributed by atoms with Crippen molar-refractivity contribution in [2.45, 2.75) is 20.8 Å². The van der Waals surface area contributed by atoms with Crippen LogP contribution in [0.3, 0.4) is 0 Å². The van der Waals surface area contributed by atoms with Crippen molar-refractivity contribution in [1.82, 2.24) is 0 Å². The summed E-state index contributed by atoms with van der Waals surface area (Å²) in [4.78, 5) is 11.4. The minimum atomic E-state index is -0.310. The van der Waals surface area contributed by atoms with Crippen LogP contribution in [0.2, 0.25) is 0 Å². The highest BCUT2D eigenvalue weighted by Gasteiger charge is 2.14. The van der Waals surface area contributed by atoms with E-state index in [0.29, 0.717) is 13.2 Å². The second-order valence-electron chi connectivity index (χ2n) is 4.91. The van der Waals surface area contributed by atoms with Gasteiger partial charge in [0, 0.05) is 11.6 Å². The molecule has 0 spiro atoms. The molecule has 3 heteroatoms. The number of rotatable bonds is 4. The number of hydrogen-bond donors (Lipinski definition) is 0. The first-order valence-corrected chi connectivity index (χ1v) is 7.07. The normalized spacial score (nSPS) is 14.9. The highest BCUT2D eigenvalue weighted by molar-refractivity contribution is 5.83. The molecule has 110 valence electrons. The molecule has 3 nitrogen and oxygen atoms in total. The first-order valence-electron chi connectivity index (χ1n) is 7.07. The molecule has 0 bridgehead atoms. The zero-order chi connectivity index (χ0) is 15.2. The van der Waals surface area contributed by atoms with Gasteiger partial charge in [-0.1, -0.05) is 30.4 Å². The van der Waals surface area contributed by atoms with Crippen molar-refractivity contribution in [3.8, 4) is 5.75 Å². The third-order valence-electron chi connectivity index (χ3n) is 3.34. The van der Waals surface area contributed by atoms with E-state index in [4.69, 9.17) is 9.47 Å². The number of carbonyl (C=O) groups is 1. The lowest BCUT2D eigenvalue weighted by Gasteiger charge is -2.20. The van der Waals surface area contributed by atoms with Gasteiger partial charge in [-0.15, -0.1) is 0 Å². The fourth-order valence-electron chi connectivity index (χ4n) is 2.16. The van der Waals surface area contributed by atoms with E-state index in [1.54, 1.807) is 6.92 Å². The highest BCUT2D eigenvalue weighted by Crippen LogP contribution is 2.32. The Morgan fingerprint density at radius 2 is 2.14 bits per heavy atom. The number of benzene rings is 1. The molecule has 1 aromatic rings. The molecule has 0 saturated carbocycles. The van der Waals surface area contributed by atoms with Crippen LogP contribution in [0.1, 0.15) is 26.3 Å². The monoisotopic (exact) mass is 284 g/mol. The lowest BCUT2D eigenvalue weighted by molar-refractivity contribution is -0.137. The quantitative estimate of drug-likeness (QED) is 0.477. The third kappa shape index (κ3) is 3.85. The van der Waals surface area contributed by atoms with Crippen LogP contribution in [0.5, 0.6) is 5.75 Å². The van der Waals surface area contributed by atoms with Gasteiger partial charge in [-0.2, -0.15) is 0 Å². The molecule has 0 unspecified atom stereocenters. The molecule has 0 aromatic heterocycles. The summed E-state index contributed by atoms with van der Waals surface area (Å²) in [5, 5.41) is 0. The molecule has 0 N–H and O–H groups in total. The summed E-state index contributed by atoms with van der Waals surface area (Å²) < 4.78 is 10.6. The van der Waals surface area contributed by atoms with Gasteiger partial charge in [0.05, 0.1) is 6.61 Å². The molecule has 0 saturated heterocycles. The molecule has 1 heterocycles. The topological polar surface area (TPSA) is 35.5 Å². The van der Waals surface area contributed by atoms with Gasteiger partial charge in [-0.05, 0) is 43.6 Å².